The molecular weight excluding hydrogens is 318 g/mol. The van der Waals surface area contributed by atoms with E-state index in [2.05, 4.69) is 37.6 Å². The number of alkyl halides is 1. The Kier molecular flexibility index (Phi) is 7.15. The van der Waals surface area contributed by atoms with Gasteiger partial charge in [-0.05, 0) is 61.8 Å². The molecule has 2 aliphatic rings. The van der Waals surface area contributed by atoms with Crippen LogP contribution in [0.1, 0.15) is 39.0 Å². The summed E-state index contributed by atoms with van der Waals surface area (Å²) in [5.41, 5.74) is 2.58. The largest absolute Gasteiger partial charge is 0.396 e. The SMILES string of the molecule is C=C[C@]1(C)CC[C@@H](C(=C)CN2CCCC(CO)C2)C[C@H]1C(=C)CCl. The summed E-state index contributed by atoms with van der Waals surface area (Å²) in [7, 11) is 0. The summed E-state index contributed by atoms with van der Waals surface area (Å²) in [5.74, 6) is 1.90. The van der Waals surface area contributed by atoms with Gasteiger partial charge >= 0.3 is 0 Å². The molecule has 0 amide bonds. The number of hydrogen-bond acceptors (Lipinski definition) is 2. The van der Waals surface area contributed by atoms with Gasteiger partial charge in [-0.25, -0.2) is 0 Å². The van der Waals surface area contributed by atoms with Crippen LogP contribution in [0, 0.1) is 23.2 Å². The highest BCUT2D eigenvalue weighted by molar-refractivity contribution is 6.19. The van der Waals surface area contributed by atoms with Crippen molar-refractivity contribution < 1.29 is 5.11 Å². The maximum atomic E-state index is 9.42. The Morgan fingerprint density at radius 3 is 2.71 bits per heavy atom. The summed E-state index contributed by atoms with van der Waals surface area (Å²) in [5, 5.41) is 9.42. The van der Waals surface area contributed by atoms with Crippen molar-refractivity contribution in [3.8, 4) is 0 Å². The molecule has 24 heavy (non-hydrogen) atoms. The average Bonchev–Trinajstić information content (AvgIpc) is 2.61. The van der Waals surface area contributed by atoms with Crippen LogP contribution in [0.15, 0.2) is 37.0 Å². The molecule has 0 bridgehead atoms. The summed E-state index contributed by atoms with van der Waals surface area (Å²) < 4.78 is 0. The fourth-order valence-electron chi connectivity index (χ4n) is 4.53. The fraction of sp³-hybridized carbons (Fsp3) is 0.714. The van der Waals surface area contributed by atoms with Crippen molar-refractivity contribution in [1.82, 2.24) is 4.90 Å². The van der Waals surface area contributed by atoms with E-state index in [1.54, 1.807) is 0 Å². The topological polar surface area (TPSA) is 23.5 Å². The molecule has 1 saturated heterocycles. The maximum Gasteiger partial charge on any atom is 0.0471 e. The van der Waals surface area contributed by atoms with Gasteiger partial charge < -0.3 is 5.11 Å². The normalized spacial score (nSPS) is 34.7. The van der Waals surface area contributed by atoms with Gasteiger partial charge in [0.2, 0.25) is 0 Å². The predicted octanol–water partition coefficient (Wildman–Crippen LogP) is 4.65. The second kappa shape index (κ2) is 8.69. The van der Waals surface area contributed by atoms with Crippen LogP contribution in [-0.4, -0.2) is 42.1 Å². The van der Waals surface area contributed by atoms with Crippen LogP contribution in [0.4, 0.5) is 0 Å². The lowest BCUT2D eigenvalue weighted by molar-refractivity contribution is 0.119. The molecule has 4 atom stereocenters. The van der Waals surface area contributed by atoms with Gasteiger partial charge in [-0.3, -0.25) is 4.90 Å². The average molecular weight is 352 g/mol. The zero-order valence-corrected chi connectivity index (χ0v) is 16.0. The Morgan fingerprint density at radius 2 is 2.08 bits per heavy atom. The van der Waals surface area contributed by atoms with Crippen LogP contribution >= 0.6 is 11.6 Å². The van der Waals surface area contributed by atoms with E-state index >= 15 is 0 Å². The van der Waals surface area contributed by atoms with Crippen molar-refractivity contribution in [2.75, 3.05) is 32.1 Å². The molecule has 0 spiro atoms. The third-order valence-electron chi connectivity index (χ3n) is 6.34. The number of aliphatic hydroxyl groups is 1. The lowest BCUT2D eigenvalue weighted by Gasteiger charge is -2.45. The van der Waals surface area contributed by atoms with Crippen molar-refractivity contribution >= 4 is 11.6 Å². The van der Waals surface area contributed by atoms with Crippen LogP contribution in [-0.2, 0) is 0 Å². The molecule has 2 fully saturated rings. The molecule has 1 saturated carbocycles. The molecule has 1 heterocycles. The zero-order valence-electron chi connectivity index (χ0n) is 15.3. The molecule has 0 radical (unpaired) electrons. The molecule has 1 aliphatic carbocycles. The number of halogens is 1. The van der Waals surface area contributed by atoms with Crippen LogP contribution in [0.2, 0.25) is 0 Å². The summed E-state index contributed by atoms with van der Waals surface area (Å²) in [6.07, 6.45) is 7.82. The van der Waals surface area contributed by atoms with E-state index in [1.165, 1.54) is 18.4 Å². The molecular formula is C21H34ClNO. The van der Waals surface area contributed by atoms with Gasteiger partial charge in [0.25, 0.3) is 0 Å². The van der Waals surface area contributed by atoms with E-state index in [1.807, 2.05) is 0 Å². The second-order valence-corrected chi connectivity index (χ2v) is 8.38. The summed E-state index contributed by atoms with van der Waals surface area (Å²) >= 11 is 6.10. The quantitative estimate of drug-likeness (QED) is 0.533. The fourth-order valence-corrected chi connectivity index (χ4v) is 4.72. The summed E-state index contributed by atoms with van der Waals surface area (Å²) in [6.45, 7) is 18.4. The minimum atomic E-state index is 0.107. The minimum Gasteiger partial charge on any atom is -0.396 e. The molecule has 1 unspecified atom stereocenters. The number of rotatable bonds is 7. The molecule has 2 nitrogen and oxygen atoms in total. The van der Waals surface area contributed by atoms with Crippen molar-refractivity contribution in [2.45, 2.75) is 39.0 Å². The lowest BCUT2D eigenvalue weighted by atomic mass is 9.61. The first-order valence-corrected chi connectivity index (χ1v) is 9.85. The van der Waals surface area contributed by atoms with Gasteiger partial charge in [-0.1, -0.05) is 37.3 Å². The molecule has 1 N–H and O–H groups in total. The van der Waals surface area contributed by atoms with E-state index in [9.17, 15) is 5.11 Å². The number of piperidine rings is 1. The van der Waals surface area contributed by atoms with Crippen LogP contribution < -0.4 is 0 Å². The predicted molar refractivity (Wildman–Crippen MR) is 104 cm³/mol. The maximum absolute atomic E-state index is 9.42. The summed E-state index contributed by atoms with van der Waals surface area (Å²) in [4.78, 5) is 2.47. The molecule has 0 aromatic rings. The molecule has 3 heteroatoms. The smallest absolute Gasteiger partial charge is 0.0471 e. The number of hydrogen-bond donors (Lipinski definition) is 1. The van der Waals surface area contributed by atoms with Gasteiger partial charge in [0.05, 0.1) is 0 Å². The number of allylic oxidation sites excluding steroid dienone is 2. The van der Waals surface area contributed by atoms with E-state index in [-0.39, 0.29) is 5.41 Å². The Morgan fingerprint density at radius 1 is 1.33 bits per heavy atom. The Bertz CT molecular complexity index is 474. The Hall–Kier alpha value is -0.570. The third-order valence-corrected chi connectivity index (χ3v) is 6.69. The van der Waals surface area contributed by atoms with E-state index < -0.39 is 0 Å². The first-order chi connectivity index (χ1) is 11.4. The van der Waals surface area contributed by atoms with Gasteiger partial charge in [0.1, 0.15) is 0 Å². The van der Waals surface area contributed by atoms with Crippen LogP contribution in [0.5, 0.6) is 0 Å². The van der Waals surface area contributed by atoms with E-state index in [0.29, 0.717) is 30.2 Å². The zero-order chi connectivity index (χ0) is 17.7. The molecule has 0 aromatic heterocycles. The van der Waals surface area contributed by atoms with Gasteiger partial charge in [-0.15, -0.1) is 18.2 Å². The second-order valence-electron chi connectivity index (χ2n) is 8.11. The van der Waals surface area contributed by atoms with Crippen molar-refractivity contribution in [3.63, 3.8) is 0 Å². The van der Waals surface area contributed by atoms with Gasteiger partial charge in [-0.2, -0.15) is 0 Å². The van der Waals surface area contributed by atoms with Crippen molar-refractivity contribution in [2.24, 2.45) is 23.2 Å². The van der Waals surface area contributed by atoms with Crippen molar-refractivity contribution in [3.05, 3.63) is 37.0 Å². The first kappa shape index (κ1) is 19.8. The number of aliphatic hydroxyl groups excluding tert-OH is 1. The summed E-state index contributed by atoms with van der Waals surface area (Å²) in [6, 6.07) is 0. The first-order valence-electron chi connectivity index (χ1n) is 9.31. The van der Waals surface area contributed by atoms with E-state index in [0.717, 1.165) is 44.5 Å². The molecule has 2 rings (SSSR count). The van der Waals surface area contributed by atoms with Gasteiger partial charge in [0, 0.05) is 25.6 Å². The third kappa shape index (κ3) is 4.53. The lowest BCUT2D eigenvalue weighted by Crippen LogP contribution is -2.40. The highest BCUT2D eigenvalue weighted by Crippen LogP contribution is 2.49. The highest BCUT2D eigenvalue weighted by atomic mass is 35.5. The Balaban J connectivity index is 1.97. The molecule has 1 aliphatic heterocycles. The standard InChI is InChI=1S/C21H34ClNO/c1-5-21(4)9-8-19(11-20(21)16(2)12-22)17(3)13-23-10-6-7-18(14-23)15-24/h5,18-20,24H,1-3,6-15H2,4H3/t18?,19-,20+,21-/m1/s1. The number of likely N-dealkylation sites (tertiary alicyclic amines) is 1. The van der Waals surface area contributed by atoms with Crippen LogP contribution in [0.25, 0.3) is 0 Å². The van der Waals surface area contributed by atoms with E-state index in [4.69, 9.17) is 11.6 Å². The monoisotopic (exact) mass is 351 g/mol. The van der Waals surface area contributed by atoms with Gasteiger partial charge in [0.15, 0.2) is 0 Å². The highest BCUT2D eigenvalue weighted by Gasteiger charge is 2.39. The Labute approximate surface area is 153 Å². The minimum absolute atomic E-state index is 0.107. The number of nitrogens with zero attached hydrogens (tertiary/aromatic N) is 1. The van der Waals surface area contributed by atoms with Crippen molar-refractivity contribution in [1.29, 1.82) is 0 Å². The molecule has 136 valence electrons. The molecule has 0 aromatic carbocycles. The van der Waals surface area contributed by atoms with Crippen LogP contribution in [0.3, 0.4) is 0 Å².